The molecule has 5 N–H and O–H groups in total. The van der Waals surface area contributed by atoms with Crippen LogP contribution in [0.1, 0.15) is 25.3 Å². The highest BCUT2D eigenvalue weighted by Gasteiger charge is 2.07. The van der Waals surface area contributed by atoms with Crippen LogP contribution < -0.4 is 21.5 Å². The van der Waals surface area contributed by atoms with E-state index in [0.29, 0.717) is 19.0 Å². The molecule has 0 heterocycles. The van der Waals surface area contributed by atoms with Crippen molar-refractivity contribution in [2.75, 3.05) is 25.5 Å². The molecule has 1 aromatic rings. The van der Waals surface area contributed by atoms with E-state index in [1.165, 1.54) is 5.56 Å². The van der Waals surface area contributed by atoms with Gasteiger partial charge in [0.1, 0.15) is 5.75 Å². The molecule has 0 fully saturated rings. The topological polar surface area (TPSA) is 73.3 Å². The largest absolute Gasteiger partial charge is 0.495 e. The fraction of sp³-hybridized carbons (Fsp3) is 0.538. The second-order valence-electron chi connectivity index (χ2n) is 4.49. The standard InChI is InChI=1S/C13H23N3O/c1-9(2)10-4-5-12(13(6-10)17-3)16-8-11(15)7-14/h4-6,9,11,16H,7-8,14-15H2,1-3H3. The molecule has 0 aromatic heterocycles. The second-order valence-corrected chi connectivity index (χ2v) is 4.49. The minimum Gasteiger partial charge on any atom is -0.495 e. The van der Waals surface area contributed by atoms with Crippen LogP contribution >= 0.6 is 0 Å². The zero-order valence-corrected chi connectivity index (χ0v) is 10.9. The minimum absolute atomic E-state index is 0.0375. The highest BCUT2D eigenvalue weighted by atomic mass is 16.5. The normalized spacial score (nSPS) is 12.6. The van der Waals surface area contributed by atoms with Crippen LogP contribution in [0.2, 0.25) is 0 Å². The van der Waals surface area contributed by atoms with E-state index in [9.17, 15) is 0 Å². The minimum atomic E-state index is -0.0375. The lowest BCUT2D eigenvalue weighted by Crippen LogP contribution is -2.36. The summed E-state index contributed by atoms with van der Waals surface area (Å²) in [5, 5.41) is 3.25. The van der Waals surface area contributed by atoms with Gasteiger partial charge in [-0.05, 0) is 23.6 Å². The van der Waals surface area contributed by atoms with Gasteiger partial charge in [0.2, 0.25) is 0 Å². The lowest BCUT2D eigenvalue weighted by Gasteiger charge is -2.16. The first-order chi connectivity index (χ1) is 8.08. The zero-order valence-electron chi connectivity index (χ0n) is 10.9. The van der Waals surface area contributed by atoms with Crippen molar-refractivity contribution in [1.82, 2.24) is 0 Å². The van der Waals surface area contributed by atoms with Gasteiger partial charge in [-0.1, -0.05) is 19.9 Å². The molecule has 1 atom stereocenters. The fourth-order valence-corrected chi connectivity index (χ4v) is 1.54. The van der Waals surface area contributed by atoms with Crippen molar-refractivity contribution >= 4 is 5.69 Å². The highest BCUT2D eigenvalue weighted by Crippen LogP contribution is 2.28. The number of anilines is 1. The Kier molecular flexibility index (Phi) is 5.25. The van der Waals surface area contributed by atoms with Crippen LogP contribution in [0, 0.1) is 0 Å². The van der Waals surface area contributed by atoms with Gasteiger partial charge in [0.05, 0.1) is 12.8 Å². The molecule has 0 saturated heterocycles. The van der Waals surface area contributed by atoms with Gasteiger partial charge in [0.25, 0.3) is 0 Å². The number of nitrogens with one attached hydrogen (secondary N) is 1. The van der Waals surface area contributed by atoms with E-state index in [2.05, 4.69) is 31.3 Å². The van der Waals surface area contributed by atoms with Gasteiger partial charge in [0, 0.05) is 19.1 Å². The van der Waals surface area contributed by atoms with Gasteiger partial charge in [0.15, 0.2) is 0 Å². The number of hydrogen-bond acceptors (Lipinski definition) is 4. The Labute approximate surface area is 103 Å². The maximum atomic E-state index is 5.76. The van der Waals surface area contributed by atoms with Crippen LogP contribution in [0.5, 0.6) is 5.75 Å². The van der Waals surface area contributed by atoms with Gasteiger partial charge in [-0.2, -0.15) is 0 Å². The van der Waals surface area contributed by atoms with E-state index in [0.717, 1.165) is 11.4 Å². The third-order valence-electron chi connectivity index (χ3n) is 2.75. The lowest BCUT2D eigenvalue weighted by atomic mass is 10.0. The quantitative estimate of drug-likeness (QED) is 0.701. The third-order valence-corrected chi connectivity index (χ3v) is 2.75. The van der Waals surface area contributed by atoms with E-state index in [1.54, 1.807) is 7.11 Å². The number of rotatable bonds is 6. The van der Waals surface area contributed by atoms with Crippen molar-refractivity contribution in [3.63, 3.8) is 0 Å². The molecule has 0 aliphatic rings. The lowest BCUT2D eigenvalue weighted by molar-refractivity contribution is 0.415. The van der Waals surface area contributed by atoms with Gasteiger partial charge in [-0.15, -0.1) is 0 Å². The number of hydrogen-bond donors (Lipinski definition) is 3. The Morgan fingerprint density at radius 2 is 2.06 bits per heavy atom. The summed E-state index contributed by atoms with van der Waals surface area (Å²) in [6.45, 7) is 5.44. The molecule has 4 heteroatoms. The molecular weight excluding hydrogens is 214 g/mol. The Hall–Kier alpha value is -1.26. The van der Waals surface area contributed by atoms with Crippen LogP contribution in [0.15, 0.2) is 18.2 Å². The van der Waals surface area contributed by atoms with Crippen LogP contribution in [-0.4, -0.2) is 26.2 Å². The summed E-state index contributed by atoms with van der Waals surface area (Å²) >= 11 is 0. The molecular formula is C13H23N3O. The molecule has 0 spiro atoms. The Morgan fingerprint density at radius 3 is 2.59 bits per heavy atom. The maximum absolute atomic E-state index is 5.76. The zero-order chi connectivity index (χ0) is 12.8. The van der Waals surface area contributed by atoms with Crippen molar-refractivity contribution in [3.8, 4) is 5.75 Å². The van der Waals surface area contributed by atoms with Gasteiger partial charge < -0.3 is 21.5 Å². The average molecular weight is 237 g/mol. The van der Waals surface area contributed by atoms with E-state index >= 15 is 0 Å². The van der Waals surface area contributed by atoms with Crippen molar-refractivity contribution in [2.24, 2.45) is 11.5 Å². The molecule has 0 aliphatic heterocycles. The molecule has 0 amide bonds. The Balaban J connectivity index is 2.78. The van der Waals surface area contributed by atoms with E-state index in [4.69, 9.17) is 16.2 Å². The smallest absolute Gasteiger partial charge is 0.142 e. The predicted octanol–water partition coefficient (Wildman–Crippen LogP) is 1.52. The summed E-state index contributed by atoms with van der Waals surface area (Å²) in [6, 6.07) is 6.14. The van der Waals surface area contributed by atoms with E-state index in [1.807, 2.05) is 6.07 Å². The predicted molar refractivity (Wildman–Crippen MR) is 72.6 cm³/mol. The van der Waals surface area contributed by atoms with Crippen LogP contribution in [-0.2, 0) is 0 Å². The first-order valence-corrected chi connectivity index (χ1v) is 5.96. The monoisotopic (exact) mass is 237 g/mol. The van der Waals surface area contributed by atoms with Crippen LogP contribution in [0.4, 0.5) is 5.69 Å². The summed E-state index contributed by atoms with van der Waals surface area (Å²) in [5.74, 6) is 1.34. The molecule has 1 unspecified atom stereocenters. The summed E-state index contributed by atoms with van der Waals surface area (Å²) in [6.07, 6.45) is 0. The first kappa shape index (κ1) is 13.8. The second kappa shape index (κ2) is 6.47. The van der Waals surface area contributed by atoms with Crippen molar-refractivity contribution in [3.05, 3.63) is 23.8 Å². The highest BCUT2D eigenvalue weighted by molar-refractivity contribution is 5.58. The molecule has 1 aromatic carbocycles. The maximum Gasteiger partial charge on any atom is 0.142 e. The SMILES string of the molecule is COc1cc(C(C)C)ccc1NCC(N)CN. The van der Waals surface area contributed by atoms with E-state index < -0.39 is 0 Å². The number of benzene rings is 1. The third kappa shape index (κ3) is 3.91. The Morgan fingerprint density at radius 1 is 1.35 bits per heavy atom. The van der Waals surface area contributed by atoms with Crippen molar-refractivity contribution in [2.45, 2.75) is 25.8 Å². The number of methoxy groups -OCH3 is 1. The number of nitrogens with two attached hydrogens (primary N) is 2. The van der Waals surface area contributed by atoms with Gasteiger partial charge >= 0.3 is 0 Å². The molecule has 0 saturated carbocycles. The average Bonchev–Trinajstić information content (AvgIpc) is 2.35. The molecule has 0 bridgehead atoms. The molecule has 0 radical (unpaired) electrons. The fourth-order valence-electron chi connectivity index (χ4n) is 1.54. The molecule has 4 nitrogen and oxygen atoms in total. The Bertz CT molecular complexity index is 353. The first-order valence-electron chi connectivity index (χ1n) is 5.96. The van der Waals surface area contributed by atoms with Crippen molar-refractivity contribution in [1.29, 1.82) is 0 Å². The molecule has 1 rings (SSSR count). The van der Waals surface area contributed by atoms with Gasteiger partial charge in [-0.25, -0.2) is 0 Å². The molecule has 0 aliphatic carbocycles. The van der Waals surface area contributed by atoms with Crippen LogP contribution in [0.3, 0.4) is 0 Å². The summed E-state index contributed by atoms with van der Waals surface area (Å²) in [7, 11) is 1.67. The van der Waals surface area contributed by atoms with Gasteiger partial charge in [-0.3, -0.25) is 0 Å². The van der Waals surface area contributed by atoms with E-state index in [-0.39, 0.29) is 6.04 Å². The summed E-state index contributed by atoms with van der Waals surface area (Å²) in [5.41, 5.74) is 13.5. The van der Waals surface area contributed by atoms with Crippen molar-refractivity contribution < 1.29 is 4.74 Å². The number of ether oxygens (including phenoxy) is 1. The summed E-state index contributed by atoms with van der Waals surface area (Å²) in [4.78, 5) is 0. The molecule has 96 valence electrons. The molecule has 17 heavy (non-hydrogen) atoms. The van der Waals surface area contributed by atoms with Crippen LogP contribution in [0.25, 0.3) is 0 Å². The summed E-state index contributed by atoms with van der Waals surface area (Å²) < 4.78 is 5.37.